The standard InChI is InChI=1S/C16H26N2S/c1-10(2)17-16(18(19)11(3)4)15-13(6)8-12(5)9-14(15)7/h8-11,19H,1-7H3. The van der Waals surface area contributed by atoms with E-state index in [1.54, 1.807) is 0 Å². The summed E-state index contributed by atoms with van der Waals surface area (Å²) in [5.41, 5.74) is 5.02. The van der Waals surface area contributed by atoms with Crippen LogP contribution in [0.25, 0.3) is 0 Å². The molecular weight excluding hydrogens is 252 g/mol. The summed E-state index contributed by atoms with van der Waals surface area (Å²) in [5, 5.41) is 0. The van der Waals surface area contributed by atoms with Crippen LogP contribution in [0.1, 0.15) is 49.9 Å². The van der Waals surface area contributed by atoms with Crippen LogP contribution in [0.2, 0.25) is 0 Å². The molecule has 0 amide bonds. The second-order valence-electron chi connectivity index (χ2n) is 5.76. The van der Waals surface area contributed by atoms with Crippen LogP contribution in [0.5, 0.6) is 0 Å². The van der Waals surface area contributed by atoms with E-state index >= 15 is 0 Å². The smallest absolute Gasteiger partial charge is 0.141 e. The van der Waals surface area contributed by atoms with Crippen molar-refractivity contribution in [2.24, 2.45) is 4.99 Å². The molecule has 0 aromatic heterocycles. The Kier molecular flexibility index (Phi) is 5.48. The molecule has 0 heterocycles. The fraction of sp³-hybridized carbons (Fsp3) is 0.562. The number of aryl methyl sites for hydroxylation is 3. The summed E-state index contributed by atoms with van der Waals surface area (Å²) in [6.45, 7) is 14.9. The van der Waals surface area contributed by atoms with Crippen molar-refractivity contribution < 1.29 is 0 Å². The highest BCUT2D eigenvalue weighted by atomic mass is 32.1. The molecule has 0 fully saturated rings. The van der Waals surface area contributed by atoms with Crippen LogP contribution in [-0.4, -0.2) is 22.2 Å². The van der Waals surface area contributed by atoms with Crippen molar-refractivity contribution in [1.29, 1.82) is 0 Å². The van der Waals surface area contributed by atoms with Gasteiger partial charge < -0.3 is 4.31 Å². The molecule has 2 nitrogen and oxygen atoms in total. The summed E-state index contributed by atoms with van der Waals surface area (Å²) in [6.07, 6.45) is 0. The Morgan fingerprint density at radius 2 is 1.53 bits per heavy atom. The summed E-state index contributed by atoms with van der Waals surface area (Å²) in [7, 11) is 0. The summed E-state index contributed by atoms with van der Waals surface area (Å²) in [6, 6.07) is 4.98. The molecule has 0 aliphatic carbocycles. The van der Waals surface area contributed by atoms with Gasteiger partial charge in [-0.25, -0.2) is 0 Å². The first-order chi connectivity index (χ1) is 8.73. The molecule has 0 saturated heterocycles. The number of rotatable bonds is 3. The van der Waals surface area contributed by atoms with Crippen molar-refractivity contribution in [2.75, 3.05) is 0 Å². The topological polar surface area (TPSA) is 15.6 Å². The lowest BCUT2D eigenvalue weighted by molar-refractivity contribution is 0.551. The highest BCUT2D eigenvalue weighted by Crippen LogP contribution is 2.22. The Hall–Kier alpha value is -0.960. The predicted octanol–water partition coefficient (Wildman–Crippen LogP) is 4.32. The minimum Gasteiger partial charge on any atom is -0.300 e. The van der Waals surface area contributed by atoms with Crippen molar-refractivity contribution in [2.45, 2.75) is 60.5 Å². The van der Waals surface area contributed by atoms with Gasteiger partial charge in [0, 0.05) is 17.6 Å². The molecule has 19 heavy (non-hydrogen) atoms. The van der Waals surface area contributed by atoms with Gasteiger partial charge in [-0.15, -0.1) is 0 Å². The lowest BCUT2D eigenvalue weighted by Crippen LogP contribution is -2.31. The molecule has 1 rings (SSSR count). The fourth-order valence-corrected chi connectivity index (χ4v) is 2.41. The second-order valence-corrected chi connectivity index (χ2v) is 6.19. The summed E-state index contributed by atoms with van der Waals surface area (Å²) in [4.78, 5) is 4.79. The first-order valence-electron chi connectivity index (χ1n) is 6.88. The molecule has 1 aromatic carbocycles. The van der Waals surface area contributed by atoms with E-state index in [2.05, 4.69) is 73.4 Å². The van der Waals surface area contributed by atoms with E-state index in [4.69, 9.17) is 4.99 Å². The van der Waals surface area contributed by atoms with Crippen LogP contribution < -0.4 is 0 Å². The van der Waals surface area contributed by atoms with Gasteiger partial charge in [0.15, 0.2) is 0 Å². The van der Waals surface area contributed by atoms with E-state index in [0.29, 0.717) is 6.04 Å². The molecule has 0 saturated carbocycles. The Balaban J connectivity index is 3.42. The maximum Gasteiger partial charge on any atom is 0.141 e. The number of amidine groups is 1. The Morgan fingerprint density at radius 1 is 1.05 bits per heavy atom. The zero-order chi connectivity index (χ0) is 14.7. The van der Waals surface area contributed by atoms with Crippen molar-refractivity contribution in [3.05, 3.63) is 34.4 Å². The first-order valence-corrected chi connectivity index (χ1v) is 7.28. The molecule has 3 heteroatoms. The molecule has 0 N–H and O–H groups in total. The van der Waals surface area contributed by atoms with E-state index in [1.807, 2.05) is 4.31 Å². The third-order valence-corrected chi connectivity index (χ3v) is 3.64. The summed E-state index contributed by atoms with van der Waals surface area (Å²) >= 11 is 4.63. The van der Waals surface area contributed by atoms with Gasteiger partial charge in [-0.1, -0.05) is 30.5 Å². The van der Waals surface area contributed by atoms with Crippen LogP contribution in [0.3, 0.4) is 0 Å². The zero-order valence-corrected chi connectivity index (χ0v) is 14.0. The summed E-state index contributed by atoms with van der Waals surface area (Å²) in [5.74, 6) is 0.975. The highest BCUT2D eigenvalue weighted by Gasteiger charge is 2.18. The Morgan fingerprint density at radius 3 is 1.89 bits per heavy atom. The number of aliphatic imine (C=N–C) groups is 1. The number of nitrogens with zero attached hydrogens (tertiary/aromatic N) is 2. The average Bonchev–Trinajstić information content (AvgIpc) is 2.24. The van der Waals surface area contributed by atoms with Gasteiger partial charge in [-0.2, -0.15) is 0 Å². The van der Waals surface area contributed by atoms with Crippen molar-refractivity contribution in [3.63, 3.8) is 0 Å². The third kappa shape index (κ3) is 4.00. The predicted molar refractivity (Wildman–Crippen MR) is 88.3 cm³/mol. The van der Waals surface area contributed by atoms with Crippen molar-refractivity contribution in [3.8, 4) is 0 Å². The van der Waals surface area contributed by atoms with Gasteiger partial charge >= 0.3 is 0 Å². The maximum absolute atomic E-state index is 4.79. The van der Waals surface area contributed by atoms with Gasteiger partial charge in [0.1, 0.15) is 5.84 Å². The minimum absolute atomic E-state index is 0.253. The van der Waals surface area contributed by atoms with Crippen LogP contribution in [0.15, 0.2) is 17.1 Å². The first kappa shape index (κ1) is 16.1. The second kappa shape index (κ2) is 6.47. The molecule has 0 atom stereocenters. The molecule has 0 aliphatic rings. The Labute approximate surface area is 123 Å². The molecular formula is C16H26N2S. The molecule has 1 aromatic rings. The van der Waals surface area contributed by atoms with E-state index in [9.17, 15) is 0 Å². The van der Waals surface area contributed by atoms with Gasteiger partial charge in [-0.3, -0.25) is 4.99 Å². The lowest BCUT2D eigenvalue weighted by atomic mass is 9.98. The van der Waals surface area contributed by atoms with E-state index < -0.39 is 0 Å². The van der Waals surface area contributed by atoms with Crippen LogP contribution in [0, 0.1) is 20.8 Å². The van der Waals surface area contributed by atoms with Crippen LogP contribution in [0.4, 0.5) is 0 Å². The third-order valence-electron chi connectivity index (χ3n) is 2.99. The zero-order valence-electron chi connectivity index (χ0n) is 13.2. The van der Waals surface area contributed by atoms with Crippen LogP contribution in [-0.2, 0) is 0 Å². The number of thiol groups is 1. The Bertz CT molecular complexity index is 453. The van der Waals surface area contributed by atoms with Crippen molar-refractivity contribution >= 4 is 18.7 Å². The largest absolute Gasteiger partial charge is 0.300 e. The quantitative estimate of drug-likeness (QED) is 0.494. The number of hydrogen-bond acceptors (Lipinski definition) is 2. The molecule has 0 bridgehead atoms. The highest BCUT2D eigenvalue weighted by molar-refractivity contribution is 7.78. The SMILES string of the molecule is Cc1cc(C)c(C(=NC(C)C)N(S)C(C)C)c(C)c1. The van der Waals surface area contributed by atoms with Crippen molar-refractivity contribution in [1.82, 2.24) is 4.31 Å². The lowest BCUT2D eigenvalue weighted by Gasteiger charge is -2.27. The van der Waals surface area contributed by atoms with E-state index in [1.165, 1.54) is 22.3 Å². The molecule has 0 unspecified atom stereocenters. The molecule has 0 aliphatic heterocycles. The molecule has 106 valence electrons. The molecule has 0 spiro atoms. The average molecular weight is 278 g/mol. The number of hydrogen-bond donors (Lipinski definition) is 1. The van der Waals surface area contributed by atoms with Gasteiger partial charge in [0.25, 0.3) is 0 Å². The van der Waals surface area contributed by atoms with Gasteiger partial charge in [0.05, 0.1) is 0 Å². The van der Waals surface area contributed by atoms with E-state index in [0.717, 1.165) is 5.84 Å². The van der Waals surface area contributed by atoms with E-state index in [-0.39, 0.29) is 6.04 Å². The van der Waals surface area contributed by atoms with Gasteiger partial charge in [-0.05, 0) is 59.6 Å². The van der Waals surface area contributed by atoms with Gasteiger partial charge in [0.2, 0.25) is 0 Å². The normalized spacial score (nSPS) is 12.4. The van der Waals surface area contributed by atoms with Crippen LogP contribution >= 0.6 is 12.8 Å². The monoisotopic (exact) mass is 278 g/mol. The fourth-order valence-electron chi connectivity index (χ4n) is 2.26. The molecule has 0 radical (unpaired) electrons. The number of benzene rings is 1. The minimum atomic E-state index is 0.253. The summed E-state index contributed by atoms with van der Waals surface area (Å²) < 4.78 is 1.96. The maximum atomic E-state index is 4.79.